The molecular weight excluding hydrogens is 266 g/mol. The van der Waals surface area contributed by atoms with Crippen molar-refractivity contribution in [3.63, 3.8) is 0 Å². The molecule has 0 bridgehead atoms. The van der Waals surface area contributed by atoms with Crippen LogP contribution in [0.3, 0.4) is 0 Å². The number of anilines is 1. The van der Waals surface area contributed by atoms with E-state index in [0.717, 1.165) is 32.5 Å². The Balaban J connectivity index is 2.12. The van der Waals surface area contributed by atoms with Crippen molar-refractivity contribution in [2.24, 2.45) is 0 Å². The quantitative estimate of drug-likeness (QED) is 0.622. The molecule has 0 saturated carbocycles. The first-order chi connectivity index (χ1) is 9.65. The van der Waals surface area contributed by atoms with Crippen molar-refractivity contribution in [3.8, 4) is 11.3 Å². The second-order valence-corrected chi connectivity index (χ2v) is 5.35. The Morgan fingerprint density at radius 1 is 0.950 bits per heavy atom. The second-order valence-electron chi connectivity index (χ2n) is 4.91. The molecule has 0 radical (unpaired) electrons. The first-order valence-electron chi connectivity index (χ1n) is 6.46. The van der Waals surface area contributed by atoms with E-state index in [1.165, 1.54) is 0 Å². The Hall–Kier alpha value is -2.13. The summed E-state index contributed by atoms with van der Waals surface area (Å²) < 4.78 is 6.77. The van der Waals surface area contributed by atoms with E-state index in [2.05, 4.69) is 29.2 Å². The van der Waals surface area contributed by atoms with Crippen LogP contribution in [0.1, 0.15) is 0 Å². The molecule has 20 heavy (non-hydrogen) atoms. The number of hydrogen-bond acceptors (Lipinski definition) is 3. The van der Waals surface area contributed by atoms with E-state index >= 15 is 0 Å². The molecule has 3 rings (SSSR count). The summed E-state index contributed by atoms with van der Waals surface area (Å²) in [4.78, 5) is 2.07. The van der Waals surface area contributed by atoms with Gasteiger partial charge in [0, 0.05) is 36.8 Å². The van der Waals surface area contributed by atoms with Crippen molar-refractivity contribution < 1.29 is 4.42 Å². The van der Waals surface area contributed by atoms with Crippen molar-refractivity contribution in [1.29, 1.82) is 0 Å². The Bertz CT molecular complexity index is 803. The van der Waals surface area contributed by atoms with E-state index in [0.29, 0.717) is 0 Å². The molecule has 0 unspecified atom stereocenters. The molecule has 100 valence electrons. The normalized spacial score (nSPS) is 10.7. The minimum atomic E-state index is 0.805. The number of fused-ring (bicyclic) bond motifs is 1. The van der Waals surface area contributed by atoms with Crippen LogP contribution >= 0.6 is 12.2 Å². The molecule has 0 saturated heterocycles. The minimum absolute atomic E-state index is 0.805. The summed E-state index contributed by atoms with van der Waals surface area (Å²) in [6, 6.07) is 18.0. The van der Waals surface area contributed by atoms with Crippen LogP contribution in [0.5, 0.6) is 0 Å². The predicted octanol–water partition coefficient (Wildman–Crippen LogP) is 4.90. The third kappa shape index (κ3) is 2.32. The molecule has 0 aliphatic carbocycles. The number of para-hydroxylation sites is 1. The van der Waals surface area contributed by atoms with Crippen molar-refractivity contribution >= 4 is 28.9 Å². The lowest BCUT2D eigenvalue weighted by Gasteiger charge is -2.12. The lowest BCUT2D eigenvalue weighted by molar-refractivity contribution is 0.619. The highest BCUT2D eigenvalue weighted by molar-refractivity contribution is 7.71. The summed E-state index contributed by atoms with van der Waals surface area (Å²) >= 11 is 5.44. The van der Waals surface area contributed by atoms with Gasteiger partial charge in [0.25, 0.3) is 0 Å². The maximum Gasteiger partial charge on any atom is 0.136 e. The van der Waals surface area contributed by atoms with Gasteiger partial charge in [0.15, 0.2) is 0 Å². The smallest absolute Gasteiger partial charge is 0.136 e. The average Bonchev–Trinajstić information content (AvgIpc) is 2.47. The van der Waals surface area contributed by atoms with Crippen LogP contribution in [0.25, 0.3) is 22.3 Å². The lowest BCUT2D eigenvalue weighted by Crippen LogP contribution is -2.07. The zero-order valence-electron chi connectivity index (χ0n) is 11.5. The van der Waals surface area contributed by atoms with Gasteiger partial charge in [-0.3, -0.25) is 0 Å². The van der Waals surface area contributed by atoms with Gasteiger partial charge in [0.2, 0.25) is 0 Å². The fraction of sp³-hybridized carbons (Fsp3) is 0.118. The van der Waals surface area contributed by atoms with Gasteiger partial charge in [-0.2, -0.15) is 0 Å². The monoisotopic (exact) mass is 281 g/mol. The number of hydrogen-bond donors (Lipinski definition) is 0. The largest absolute Gasteiger partial charge is 0.456 e. The van der Waals surface area contributed by atoms with Crippen LogP contribution in [0.2, 0.25) is 0 Å². The van der Waals surface area contributed by atoms with Gasteiger partial charge in [0.05, 0.1) is 4.51 Å². The fourth-order valence-electron chi connectivity index (χ4n) is 2.17. The summed E-state index contributed by atoms with van der Waals surface area (Å²) in [6.45, 7) is 0. The maximum atomic E-state index is 5.95. The molecule has 2 aromatic carbocycles. The predicted molar refractivity (Wildman–Crippen MR) is 86.8 cm³/mol. The topological polar surface area (TPSA) is 16.4 Å². The highest BCUT2D eigenvalue weighted by Gasteiger charge is 2.05. The van der Waals surface area contributed by atoms with Crippen molar-refractivity contribution in [2.75, 3.05) is 19.0 Å². The second kappa shape index (κ2) is 5.10. The van der Waals surface area contributed by atoms with Gasteiger partial charge in [0.1, 0.15) is 11.3 Å². The summed E-state index contributed by atoms with van der Waals surface area (Å²) in [5, 5.41) is 0.983. The van der Waals surface area contributed by atoms with E-state index < -0.39 is 0 Å². The van der Waals surface area contributed by atoms with E-state index in [-0.39, 0.29) is 0 Å². The molecule has 0 N–H and O–H groups in total. The van der Waals surface area contributed by atoms with E-state index in [4.69, 9.17) is 16.6 Å². The highest BCUT2D eigenvalue weighted by Crippen LogP contribution is 2.27. The number of rotatable bonds is 2. The zero-order valence-corrected chi connectivity index (χ0v) is 12.3. The Labute approximate surface area is 123 Å². The molecular formula is C17H15NOS. The van der Waals surface area contributed by atoms with Crippen LogP contribution < -0.4 is 4.90 Å². The molecule has 3 aromatic rings. The third-order valence-corrected chi connectivity index (χ3v) is 3.64. The molecule has 0 fully saturated rings. The SMILES string of the molecule is CN(C)c1ccc(-c2cc(=S)c3ccccc3o2)cc1. The number of nitrogens with zero attached hydrogens (tertiary/aromatic N) is 1. The van der Waals surface area contributed by atoms with Gasteiger partial charge < -0.3 is 9.32 Å². The summed E-state index contributed by atoms with van der Waals surface area (Å²) in [5.74, 6) is 0.805. The number of benzene rings is 2. The standard InChI is InChI=1S/C17H15NOS/c1-18(2)13-9-7-12(8-10-13)16-11-17(20)14-5-3-4-6-15(14)19-16/h3-11H,1-2H3. The van der Waals surface area contributed by atoms with Gasteiger partial charge in [-0.1, -0.05) is 24.4 Å². The minimum Gasteiger partial charge on any atom is -0.456 e. The fourth-order valence-corrected chi connectivity index (χ4v) is 2.45. The summed E-state index contributed by atoms with van der Waals surface area (Å²) in [6.07, 6.45) is 0. The Kier molecular flexibility index (Phi) is 3.28. The van der Waals surface area contributed by atoms with Gasteiger partial charge in [-0.15, -0.1) is 0 Å². The van der Waals surface area contributed by atoms with Gasteiger partial charge >= 0.3 is 0 Å². The third-order valence-electron chi connectivity index (χ3n) is 3.30. The molecule has 1 heterocycles. The van der Waals surface area contributed by atoms with Crippen LogP contribution in [0, 0.1) is 4.51 Å². The molecule has 1 aromatic heterocycles. The van der Waals surface area contributed by atoms with E-state index in [9.17, 15) is 0 Å². The first kappa shape index (κ1) is 12.9. The molecule has 0 atom stereocenters. The van der Waals surface area contributed by atoms with Crippen LogP contribution in [-0.4, -0.2) is 14.1 Å². The van der Waals surface area contributed by atoms with Crippen LogP contribution in [-0.2, 0) is 0 Å². The van der Waals surface area contributed by atoms with Crippen molar-refractivity contribution in [1.82, 2.24) is 0 Å². The van der Waals surface area contributed by atoms with E-state index in [1.54, 1.807) is 0 Å². The highest BCUT2D eigenvalue weighted by atomic mass is 32.1. The lowest BCUT2D eigenvalue weighted by atomic mass is 10.1. The molecule has 3 heteroatoms. The van der Waals surface area contributed by atoms with Crippen LogP contribution in [0.15, 0.2) is 59.0 Å². The Morgan fingerprint density at radius 2 is 1.65 bits per heavy atom. The average molecular weight is 281 g/mol. The molecule has 0 aliphatic rings. The zero-order chi connectivity index (χ0) is 14.1. The molecule has 0 spiro atoms. The Morgan fingerprint density at radius 3 is 2.35 bits per heavy atom. The maximum absolute atomic E-state index is 5.95. The first-order valence-corrected chi connectivity index (χ1v) is 6.86. The van der Waals surface area contributed by atoms with Gasteiger partial charge in [-0.05, 0) is 36.4 Å². The summed E-state index contributed by atoms with van der Waals surface area (Å²) in [7, 11) is 4.05. The van der Waals surface area contributed by atoms with Crippen molar-refractivity contribution in [2.45, 2.75) is 0 Å². The van der Waals surface area contributed by atoms with E-state index in [1.807, 2.05) is 44.4 Å². The molecule has 0 aliphatic heterocycles. The van der Waals surface area contributed by atoms with Gasteiger partial charge in [-0.25, -0.2) is 0 Å². The molecule has 2 nitrogen and oxygen atoms in total. The summed E-state index contributed by atoms with van der Waals surface area (Å²) in [5.41, 5.74) is 3.02. The van der Waals surface area contributed by atoms with Crippen molar-refractivity contribution in [3.05, 3.63) is 59.1 Å². The molecule has 0 amide bonds. The van der Waals surface area contributed by atoms with Crippen LogP contribution in [0.4, 0.5) is 5.69 Å².